The Kier molecular flexibility index (Phi) is 5.29. The lowest BCUT2D eigenvalue weighted by atomic mass is 10.1. The number of hydrogen-bond donors (Lipinski definition) is 2. The fourth-order valence-corrected chi connectivity index (χ4v) is 3.40. The minimum atomic E-state index is -0.181. The van der Waals surface area contributed by atoms with Crippen molar-refractivity contribution < 1.29 is 4.79 Å². The van der Waals surface area contributed by atoms with Gasteiger partial charge in [0.1, 0.15) is 12.1 Å². The number of aryl methyl sites for hydroxylation is 2. The van der Waals surface area contributed by atoms with Crippen LogP contribution >= 0.6 is 0 Å². The van der Waals surface area contributed by atoms with Crippen molar-refractivity contribution in [3.63, 3.8) is 0 Å². The Hall–Kier alpha value is -3.61. The third kappa shape index (κ3) is 4.29. The lowest BCUT2D eigenvalue weighted by molar-refractivity contribution is 0.240. The van der Waals surface area contributed by atoms with Gasteiger partial charge in [0.15, 0.2) is 0 Å². The Bertz CT molecular complexity index is 1110. The zero-order chi connectivity index (χ0) is 20.2. The van der Waals surface area contributed by atoms with E-state index in [1.165, 1.54) is 22.0 Å². The van der Waals surface area contributed by atoms with Crippen LogP contribution < -0.4 is 10.6 Å². The summed E-state index contributed by atoms with van der Waals surface area (Å²) in [4.78, 5) is 20.5. The number of fused-ring (bicyclic) bond motifs is 1. The summed E-state index contributed by atoms with van der Waals surface area (Å²) >= 11 is 0. The van der Waals surface area contributed by atoms with Crippen LogP contribution in [0.5, 0.6) is 0 Å². The average Bonchev–Trinajstić information content (AvgIpc) is 3.36. The Morgan fingerprint density at radius 3 is 2.83 bits per heavy atom. The number of carbonyl (C=O) groups is 1. The van der Waals surface area contributed by atoms with Crippen LogP contribution in [0.25, 0.3) is 16.7 Å². The summed E-state index contributed by atoms with van der Waals surface area (Å²) in [5, 5.41) is 7.04. The molecule has 0 spiro atoms. The van der Waals surface area contributed by atoms with E-state index in [4.69, 9.17) is 0 Å². The van der Waals surface area contributed by atoms with Gasteiger partial charge in [-0.3, -0.25) is 4.57 Å². The second-order valence-electron chi connectivity index (χ2n) is 7.14. The molecule has 3 aromatic heterocycles. The standard InChI is InChI=1S/C22H24N6O/c1-16-3-5-19-18(14-27(2)20(19)11-16)7-8-24-22(29)26-13-17-4-6-21(25-12-17)28-10-9-23-15-28/h3-6,9-12,14-15H,7-8,13H2,1-2H3,(H2,24,26,29). The summed E-state index contributed by atoms with van der Waals surface area (Å²) in [7, 11) is 2.05. The molecule has 0 aliphatic carbocycles. The molecule has 0 saturated heterocycles. The largest absolute Gasteiger partial charge is 0.350 e. The highest BCUT2D eigenvalue weighted by Gasteiger charge is 2.08. The van der Waals surface area contributed by atoms with Crippen LogP contribution in [0.15, 0.2) is 61.4 Å². The first kappa shape index (κ1) is 18.7. The fourth-order valence-electron chi connectivity index (χ4n) is 3.40. The molecule has 0 bridgehead atoms. The summed E-state index contributed by atoms with van der Waals surface area (Å²) < 4.78 is 3.97. The van der Waals surface area contributed by atoms with Crippen LogP contribution in [0.1, 0.15) is 16.7 Å². The van der Waals surface area contributed by atoms with Crippen LogP contribution in [0, 0.1) is 6.92 Å². The molecule has 4 aromatic rings. The summed E-state index contributed by atoms with van der Waals surface area (Å²) in [5.74, 6) is 0.793. The number of amides is 2. The second kappa shape index (κ2) is 8.18. The van der Waals surface area contributed by atoms with Gasteiger partial charge in [0.25, 0.3) is 0 Å². The first-order valence-corrected chi connectivity index (χ1v) is 9.59. The molecule has 2 N–H and O–H groups in total. The van der Waals surface area contributed by atoms with Crippen molar-refractivity contribution in [3.05, 3.63) is 78.1 Å². The number of nitrogens with zero attached hydrogens (tertiary/aromatic N) is 4. The molecule has 0 radical (unpaired) electrons. The maximum Gasteiger partial charge on any atom is 0.315 e. The first-order chi connectivity index (χ1) is 14.1. The summed E-state index contributed by atoms with van der Waals surface area (Å²) in [6.07, 6.45) is 9.93. The minimum absolute atomic E-state index is 0.181. The van der Waals surface area contributed by atoms with Crippen molar-refractivity contribution in [2.75, 3.05) is 6.54 Å². The van der Waals surface area contributed by atoms with Crippen molar-refractivity contribution in [1.29, 1.82) is 0 Å². The minimum Gasteiger partial charge on any atom is -0.350 e. The molecule has 7 heteroatoms. The predicted molar refractivity (Wildman–Crippen MR) is 113 cm³/mol. The van der Waals surface area contributed by atoms with Crippen LogP contribution in [-0.2, 0) is 20.0 Å². The van der Waals surface area contributed by atoms with Crippen molar-refractivity contribution >= 4 is 16.9 Å². The Balaban J connectivity index is 1.26. The van der Waals surface area contributed by atoms with Gasteiger partial charge >= 0.3 is 6.03 Å². The van der Waals surface area contributed by atoms with E-state index < -0.39 is 0 Å². The number of pyridine rings is 1. The van der Waals surface area contributed by atoms with Gasteiger partial charge in [0, 0.05) is 55.8 Å². The molecule has 3 heterocycles. The molecule has 2 amide bonds. The van der Waals surface area contributed by atoms with E-state index in [-0.39, 0.29) is 6.03 Å². The number of nitrogens with one attached hydrogen (secondary N) is 2. The number of rotatable bonds is 6. The first-order valence-electron chi connectivity index (χ1n) is 9.59. The van der Waals surface area contributed by atoms with Crippen LogP contribution in [0.4, 0.5) is 4.79 Å². The van der Waals surface area contributed by atoms with E-state index in [2.05, 4.69) is 63.5 Å². The predicted octanol–water partition coefficient (Wildman–Crippen LogP) is 3.11. The highest BCUT2D eigenvalue weighted by molar-refractivity contribution is 5.84. The van der Waals surface area contributed by atoms with E-state index in [1.807, 2.05) is 22.9 Å². The molecular weight excluding hydrogens is 364 g/mol. The van der Waals surface area contributed by atoms with Crippen molar-refractivity contribution in [1.82, 2.24) is 29.7 Å². The highest BCUT2D eigenvalue weighted by atomic mass is 16.2. The Morgan fingerprint density at radius 2 is 2.07 bits per heavy atom. The summed E-state index contributed by atoms with van der Waals surface area (Å²) in [6, 6.07) is 10.1. The molecule has 0 saturated carbocycles. The monoisotopic (exact) mass is 388 g/mol. The van der Waals surface area contributed by atoms with Crippen LogP contribution in [0.3, 0.4) is 0 Å². The van der Waals surface area contributed by atoms with Crippen molar-refractivity contribution in [2.24, 2.45) is 7.05 Å². The molecule has 0 atom stereocenters. The molecule has 0 unspecified atom stereocenters. The number of hydrogen-bond acceptors (Lipinski definition) is 3. The van der Waals surface area contributed by atoms with E-state index >= 15 is 0 Å². The Morgan fingerprint density at radius 1 is 1.17 bits per heavy atom. The van der Waals surface area contributed by atoms with Crippen LogP contribution in [-0.4, -0.2) is 31.7 Å². The van der Waals surface area contributed by atoms with E-state index in [9.17, 15) is 4.79 Å². The number of urea groups is 1. The fraction of sp³-hybridized carbons (Fsp3) is 0.227. The molecular formula is C22H24N6O. The summed E-state index contributed by atoms with van der Waals surface area (Å²) in [6.45, 7) is 3.10. The maximum atomic E-state index is 12.1. The molecule has 7 nitrogen and oxygen atoms in total. The van der Waals surface area contributed by atoms with Gasteiger partial charge in [-0.1, -0.05) is 18.2 Å². The van der Waals surface area contributed by atoms with Gasteiger partial charge in [-0.25, -0.2) is 14.8 Å². The normalized spacial score (nSPS) is 11.0. The third-order valence-corrected chi connectivity index (χ3v) is 4.94. The SMILES string of the molecule is Cc1ccc2c(CCNC(=O)NCc3ccc(-n4ccnc4)nc3)cn(C)c2c1. The van der Waals surface area contributed by atoms with Gasteiger partial charge < -0.3 is 15.2 Å². The zero-order valence-corrected chi connectivity index (χ0v) is 16.6. The van der Waals surface area contributed by atoms with Gasteiger partial charge in [0.05, 0.1) is 0 Å². The van der Waals surface area contributed by atoms with Gasteiger partial charge in [-0.15, -0.1) is 0 Å². The molecule has 29 heavy (non-hydrogen) atoms. The van der Waals surface area contributed by atoms with Gasteiger partial charge in [0.2, 0.25) is 0 Å². The van der Waals surface area contributed by atoms with Gasteiger partial charge in [-0.2, -0.15) is 0 Å². The third-order valence-electron chi connectivity index (χ3n) is 4.94. The number of benzene rings is 1. The maximum absolute atomic E-state index is 12.1. The number of aromatic nitrogens is 4. The van der Waals surface area contributed by atoms with Gasteiger partial charge in [-0.05, 0) is 42.2 Å². The highest BCUT2D eigenvalue weighted by Crippen LogP contribution is 2.22. The summed E-state index contributed by atoms with van der Waals surface area (Å²) in [5.41, 5.74) is 4.64. The zero-order valence-electron chi connectivity index (χ0n) is 16.6. The average molecular weight is 388 g/mol. The molecule has 148 valence electrons. The molecule has 0 aliphatic rings. The topological polar surface area (TPSA) is 76.8 Å². The lowest BCUT2D eigenvalue weighted by Gasteiger charge is -2.08. The van der Waals surface area contributed by atoms with E-state index in [0.717, 1.165) is 17.8 Å². The molecule has 1 aromatic carbocycles. The number of carbonyl (C=O) groups excluding carboxylic acids is 1. The number of imidazole rings is 1. The smallest absolute Gasteiger partial charge is 0.315 e. The quantitative estimate of drug-likeness (QED) is 0.533. The van der Waals surface area contributed by atoms with E-state index in [0.29, 0.717) is 13.1 Å². The molecule has 0 fully saturated rings. The van der Waals surface area contributed by atoms with E-state index in [1.54, 1.807) is 18.7 Å². The van der Waals surface area contributed by atoms with Crippen LogP contribution in [0.2, 0.25) is 0 Å². The lowest BCUT2D eigenvalue weighted by Crippen LogP contribution is -2.36. The van der Waals surface area contributed by atoms with Crippen molar-refractivity contribution in [3.8, 4) is 5.82 Å². The molecule has 0 aliphatic heterocycles. The molecule has 4 rings (SSSR count). The second-order valence-corrected chi connectivity index (χ2v) is 7.14. The Labute approximate surface area is 169 Å². The van der Waals surface area contributed by atoms with Crippen molar-refractivity contribution in [2.45, 2.75) is 19.9 Å².